The molecule has 84 valence electrons. The van der Waals surface area contributed by atoms with Crippen LogP contribution in [-0.4, -0.2) is 17.7 Å². The summed E-state index contributed by atoms with van der Waals surface area (Å²) in [5.41, 5.74) is 0. The summed E-state index contributed by atoms with van der Waals surface area (Å²) in [5, 5.41) is 8.29. The largest absolute Gasteiger partial charge is 0.482 e. The van der Waals surface area contributed by atoms with Crippen molar-refractivity contribution in [2.24, 2.45) is 0 Å². The molecule has 0 unspecified atom stereocenters. The van der Waals surface area contributed by atoms with E-state index in [4.69, 9.17) is 9.84 Å². The molecule has 0 aromatic heterocycles. The monoisotopic (exact) mass is 228 g/mol. The van der Waals surface area contributed by atoms with Crippen LogP contribution in [0.1, 0.15) is 20.3 Å². The molecule has 0 aliphatic heterocycles. The quantitative estimate of drug-likeness (QED) is 0.782. The van der Waals surface area contributed by atoms with Gasteiger partial charge in [-0.2, -0.15) is 0 Å². The molecule has 0 amide bonds. The molecule has 0 bridgehead atoms. The number of benzene rings is 1. The summed E-state index contributed by atoms with van der Waals surface area (Å²) < 4.78 is 4.89. The maximum absolute atomic E-state index is 10.1. The lowest BCUT2D eigenvalue weighted by molar-refractivity contribution is -0.139. The van der Waals surface area contributed by atoms with E-state index in [1.807, 2.05) is 0 Å². The number of carboxylic acids is 1. The zero-order chi connectivity index (χ0) is 11.7. The summed E-state index contributed by atoms with van der Waals surface area (Å²) in [7, 11) is 0. The molecule has 0 aliphatic rings. The molecule has 1 rings (SSSR count). The molecule has 0 saturated carbocycles. The summed E-state index contributed by atoms with van der Waals surface area (Å²) in [5.74, 6) is -0.444. The lowest BCUT2D eigenvalue weighted by Crippen LogP contribution is -2.09. The molecule has 0 aliphatic carbocycles. The molecule has 1 aromatic rings. The molecule has 4 heteroatoms. The summed E-state index contributed by atoms with van der Waals surface area (Å²) in [6.45, 7) is 3.94. The van der Waals surface area contributed by atoms with E-state index in [9.17, 15) is 4.79 Å². The van der Waals surface area contributed by atoms with Gasteiger partial charge in [-0.05, 0) is 24.3 Å². The number of carboxylic acid groups (broad SMARTS) is 1. The molecule has 3 nitrogen and oxygen atoms in total. The molecule has 0 atom stereocenters. The summed E-state index contributed by atoms with van der Waals surface area (Å²) in [6, 6.07) is 6.82. The Balaban J connectivity index is 0.000000583. The second-order valence-electron chi connectivity index (χ2n) is 2.88. The molecule has 0 saturated heterocycles. The topological polar surface area (TPSA) is 46.5 Å². The summed E-state index contributed by atoms with van der Waals surface area (Å²) in [4.78, 5) is 10.9. The number of carbonyl (C=O) groups is 1. The number of hydrogen-bond acceptors (Lipinski definition) is 3. The van der Waals surface area contributed by atoms with Crippen molar-refractivity contribution in [1.29, 1.82) is 0 Å². The number of thiol groups is 1. The van der Waals surface area contributed by atoms with E-state index in [1.165, 1.54) is 6.42 Å². The van der Waals surface area contributed by atoms with E-state index in [2.05, 4.69) is 26.5 Å². The third kappa shape index (κ3) is 7.88. The van der Waals surface area contributed by atoms with Gasteiger partial charge in [-0.1, -0.05) is 20.3 Å². The minimum absolute atomic E-state index is 0.314. The molecule has 1 N–H and O–H groups in total. The maximum atomic E-state index is 10.1. The van der Waals surface area contributed by atoms with Crippen LogP contribution < -0.4 is 4.74 Å². The van der Waals surface area contributed by atoms with Crippen molar-refractivity contribution < 1.29 is 14.6 Å². The molecular weight excluding hydrogens is 212 g/mol. The predicted molar refractivity (Wildman–Crippen MR) is 62.8 cm³/mol. The lowest BCUT2D eigenvalue weighted by Gasteiger charge is -2.01. The van der Waals surface area contributed by atoms with Crippen LogP contribution >= 0.6 is 12.6 Å². The Labute approximate surface area is 95.5 Å². The van der Waals surface area contributed by atoms with Crippen LogP contribution in [0.2, 0.25) is 0 Å². The Bertz CT molecular complexity index is 282. The van der Waals surface area contributed by atoms with Crippen molar-refractivity contribution >= 4 is 18.6 Å². The molecule has 15 heavy (non-hydrogen) atoms. The van der Waals surface area contributed by atoms with E-state index in [0.29, 0.717) is 5.75 Å². The fraction of sp³-hybridized carbons (Fsp3) is 0.364. The van der Waals surface area contributed by atoms with Crippen LogP contribution in [0.3, 0.4) is 0 Å². The highest BCUT2D eigenvalue weighted by molar-refractivity contribution is 7.80. The van der Waals surface area contributed by atoms with Crippen LogP contribution in [0, 0.1) is 0 Å². The van der Waals surface area contributed by atoms with E-state index >= 15 is 0 Å². The van der Waals surface area contributed by atoms with Gasteiger partial charge in [0.25, 0.3) is 0 Å². The van der Waals surface area contributed by atoms with Crippen molar-refractivity contribution in [3.8, 4) is 5.75 Å². The van der Waals surface area contributed by atoms with Crippen LogP contribution in [0.15, 0.2) is 29.2 Å². The normalized spacial score (nSPS) is 8.73. The molecule has 0 radical (unpaired) electrons. The van der Waals surface area contributed by atoms with Gasteiger partial charge in [0.2, 0.25) is 0 Å². The SMILES string of the molecule is CCC.O=C(O)COc1ccc(S)cc1. The molecule has 0 spiro atoms. The second-order valence-corrected chi connectivity index (χ2v) is 3.40. The van der Waals surface area contributed by atoms with Crippen molar-refractivity contribution in [3.63, 3.8) is 0 Å². The smallest absolute Gasteiger partial charge is 0.341 e. The van der Waals surface area contributed by atoms with Gasteiger partial charge in [0.1, 0.15) is 5.75 Å². The van der Waals surface area contributed by atoms with E-state index < -0.39 is 5.97 Å². The highest BCUT2D eigenvalue weighted by Crippen LogP contribution is 2.13. The molecule has 0 fully saturated rings. The van der Waals surface area contributed by atoms with Gasteiger partial charge >= 0.3 is 5.97 Å². The zero-order valence-electron chi connectivity index (χ0n) is 8.93. The number of ether oxygens (including phenoxy) is 1. The third-order valence-electron chi connectivity index (χ3n) is 1.20. The minimum atomic E-state index is -0.982. The fourth-order valence-electron chi connectivity index (χ4n) is 0.687. The zero-order valence-corrected chi connectivity index (χ0v) is 9.83. The first kappa shape index (κ1) is 13.8. The first-order valence-electron chi connectivity index (χ1n) is 4.73. The van der Waals surface area contributed by atoms with Crippen molar-refractivity contribution in [1.82, 2.24) is 0 Å². The minimum Gasteiger partial charge on any atom is -0.482 e. The Kier molecular flexibility index (Phi) is 7.54. The maximum Gasteiger partial charge on any atom is 0.341 e. The van der Waals surface area contributed by atoms with Gasteiger partial charge in [-0.15, -0.1) is 12.6 Å². The molecule has 1 aromatic carbocycles. The van der Waals surface area contributed by atoms with Crippen molar-refractivity contribution in [3.05, 3.63) is 24.3 Å². The Morgan fingerprint density at radius 1 is 1.33 bits per heavy atom. The van der Waals surface area contributed by atoms with Gasteiger partial charge in [0.05, 0.1) is 0 Å². The first-order valence-corrected chi connectivity index (χ1v) is 5.18. The summed E-state index contributed by atoms with van der Waals surface area (Å²) >= 11 is 4.07. The highest BCUT2D eigenvalue weighted by Gasteiger charge is 1.97. The number of aliphatic carboxylic acids is 1. The van der Waals surface area contributed by atoms with Crippen molar-refractivity contribution in [2.45, 2.75) is 25.2 Å². The standard InChI is InChI=1S/C8H8O3S.C3H8/c9-8(10)5-11-6-1-3-7(12)4-2-6;1-3-2/h1-4,12H,5H2,(H,9,10);3H2,1-2H3. The van der Waals surface area contributed by atoms with E-state index in [0.717, 1.165) is 4.90 Å². The van der Waals surface area contributed by atoms with E-state index in [-0.39, 0.29) is 6.61 Å². The number of rotatable bonds is 3. The Morgan fingerprint density at radius 3 is 2.20 bits per heavy atom. The van der Waals surface area contributed by atoms with Crippen LogP contribution in [0.25, 0.3) is 0 Å². The molecule has 0 heterocycles. The fourth-order valence-corrected chi connectivity index (χ4v) is 0.837. The van der Waals surface area contributed by atoms with Crippen molar-refractivity contribution in [2.75, 3.05) is 6.61 Å². The van der Waals surface area contributed by atoms with Crippen LogP contribution in [-0.2, 0) is 4.79 Å². The first-order chi connectivity index (χ1) is 7.10. The molecular formula is C11H16O3S. The lowest BCUT2D eigenvalue weighted by atomic mass is 10.3. The van der Waals surface area contributed by atoms with E-state index in [1.54, 1.807) is 24.3 Å². The Morgan fingerprint density at radius 2 is 1.80 bits per heavy atom. The van der Waals surface area contributed by atoms with Gasteiger partial charge in [-0.25, -0.2) is 4.79 Å². The number of hydrogen-bond donors (Lipinski definition) is 2. The average Bonchev–Trinajstić information content (AvgIpc) is 2.18. The Hall–Kier alpha value is -1.16. The predicted octanol–water partition coefficient (Wildman–Crippen LogP) is 2.86. The van der Waals surface area contributed by atoms with Crippen LogP contribution in [0.4, 0.5) is 0 Å². The van der Waals surface area contributed by atoms with Gasteiger partial charge in [0, 0.05) is 4.90 Å². The third-order valence-corrected chi connectivity index (χ3v) is 1.50. The van der Waals surface area contributed by atoms with Crippen LogP contribution in [0.5, 0.6) is 5.75 Å². The summed E-state index contributed by atoms with van der Waals surface area (Å²) in [6.07, 6.45) is 1.25. The highest BCUT2D eigenvalue weighted by atomic mass is 32.1. The van der Waals surface area contributed by atoms with Gasteiger partial charge in [-0.3, -0.25) is 0 Å². The van der Waals surface area contributed by atoms with Gasteiger partial charge < -0.3 is 9.84 Å². The van der Waals surface area contributed by atoms with Gasteiger partial charge in [0.15, 0.2) is 6.61 Å². The second kappa shape index (κ2) is 8.17. The average molecular weight is 228 g/mol.